The summed E-state index contributed by atoms with van der Waals surface area (Å²) in [6.45, 7) is 10.1. The van der Waals surface area contributed by atoms with Crippen molar-refractivity contribution in [3.63, 3.8) is 0 Å². The standard InChI is InChI=1S/C6H15N.K.H/c1-4-7(5-2)6-3;;/h4-6H2,1-3H3;;/q;+1;-1. The Morgan fingerprint density at radius 3 is 1.25 bits per heavy atom. The summed E-state index contributed by atoms with van der Waals surface area (Å²) in [5, 5.41) is 0. The van der Waals surface area contributed by atoms with Gasteiger partial charge in [0, 0.05) is 0 Å². The van der Waals surface area contributed by atoms with E-state index in [1.165, 1.54) is 19.6 Å². The second-order valence-electron chi connectivity index (χ2n) is 1.62. The van der Waals surface area contributed by atoms with Crippen LogP contribution in [0, 0.1) is 0 Å². The van der Waals surface area contributed by atoms with Crippen molar-refractivity contribution >= 4 is 0 Å². The minimum absolute atomic E-state index is 0. The molecule has 0 aliphatic carbocycles. The van der Waals surface area contributed by atoms with Gasteiger partial charge in [0.2, 0.25) is 0 Å². The number of nitrogens with zero attached hydrogens (tertiary/aromatic N) is 1. The van der Waals surface area contributed by atoms with Crippen LogP contribution in [-0.2, 0) is 0 Å². The molecular formula is C6H16KN. The van der Waals surface area contributed by atoms with Crippen LogP contribution in [0.5, 0.6) is 0 Å². The van der Waals surface area contributed by atoms with Gasteiger partial charge in [-0.15, -0.1) is 0 Å². The van der Waals surface area contributed by atoms with Gasteiger partial charge in [0.25, 0.3) is 0 Å². The Morgan fingerprint density at radius 1 is 1.00 bits per heavy atom. The molecule has 0 spiro atoms. The molecular weight excluding hydrogens is 125 g/mol. The van der Waals surface area contributed by atoms with E-state index in [1.807, 2.05) is 0 Å². The summed E-state index contributed by atoms with van der Waals surface area (Å²) in [4.78, 5) is 2.38. The molecule has 0 aliphatic heterocycles. The van der Waals surface area contributed by atoms with Crippen molar-refractivity contribution in [3.8, 4) is 0 Å². The summed E-state index contributed by atoms with van der Waals surface area (Å²) < 4.78 is 0. The van der Waals surface area contributed by atoms with Crippen LogP contribution in [0.4, 0.5) is 0 Å². The maximum absolute atomic E-state index is 2.38. The first-order chi connectivity index (χ1) is 3.35. The molecule has 46 valence electrons. The van der Waals surface area contributed by atoms with E-state index in [-0.39, 0.29) is 52.8 Å². The molecule has 0 rings (SSSR count). The predicted molar refractivity (Wildman–Crippen MR) is 34.6 cm³/mol. The van der Waals surface area contributed by atoms with Gasteiger partial charge in [-0.25, -0.2) is 0 Å². The number of hydrogen-bond acceptors (Lipinski definition) is 1. The summed E-state index contributed by atoms with van der Waals surface area (Å²) >= 11 is 0. The normalized spacial score (nSPS) is 9.00. The fourth-order valence-electron chi connectivity index (χ4n) is 0.671. The van der Waals surface area contributed by atoms with Crippen molar-refractivity contribution in [1.82, 2.24) is 4.90 Å². The summed E-state index contributed by atoms with van der Waals surface area (Å²) in [5.74, 6) is 0. The Labute approximate surface area is 96.7 Å². The molecule has 0 atom stereocenters. The zero-order valence-corrected chi connectivity index (χ0v) is 9.69. The van der Waals surface area contributed by atoms with E-state index in [1.54, 1.807) is 0 Å². The quantitative estimate of drug-likeness (QED) is 0.431. The van der Waals surface area contributed by atoms with E-state index in [2.05, 4.69) is 25.7 Å². The molecule has 0 heterocycles. The maximum Gasteiger partial charge on any atom is 1.00 e. The van der Waals surface area contributed by atoms with Crippen LogP contribution in [-0.4, -0.2) is 24.5 Å². The van der Waals surface area contributed by atoms with Gasteiger partial charge in [-0.3, -0.25) is 0 Å². The average Bonchev–Trinajstić information content (AvgIpc) is 1.72. The molecule has 0 fully saturated rings. The summed E-state index contributed by atoms with van der Waals surface area (Å²) in [6, 6.07) is 0. The predicted octanol–water partition coefficient (Wildman–Crippen LogP) is -1.54. The molecule has 0 aromatic carbocycles. The van der Waals surface area contributed by atoms with Crippen molar-refractivity contribution in [2.45, 2.75) is 20.8 Å². The first kappa shape index (κ1) is 12.3. The van der Waals surface area contributed by atoms with Crippen molar-refractivity contribution in [2.75, 3.05) is 19.6 Å². The van der Waals surface area contributed by atoms with E-state index in [9.17, 15) is 0 Å². The number of hydrogen-bond donors (Lipinski definition) is 0. The van der Waals surface area contributed by atoms with Crippen LogP contribution in [0.25, 0.3) is 0 Å². The molecule has 0 aliphatic rings. The Balaban J connectivity index is -0.000000180. The van der Waals surface area contributed by atoms with Crippen LogP contribution >= 0.6 is 0 Å². The second kappa shape index (κ2) is 8.60. The number of rotatable bonds is 3. The third-order valence-corrected chi connectivity index (χ3v) is 1.34. The molecule has 0 saturated heterocycles. The van der Waals surface area contributed by atoms with Gasteiger partial charge in [0.1, 0.15) is 0 Å². The van der Waals surface area contributed by atoms with E-state index in [4.69, 9.17) is 0 Å². The molecule has 0 unspecified atom stereocenters. The van der Waals surface area contributed by atoms with Crippen LogP contribution in [0.3, 0.4) is 0 Å². The van der Waals surface area contributed by atoms with Gasteiger partial charge in [-0.2, -0.15) is 0 Å². The Kier molecular flexibility index (Phi) is 13.2. The first-order valence-electron chi connectivity index (χ1n) is 3.07. The summed E-state index contributed by atoms with van der Waals surface area (Å²) in [5.41, 5.74) is 0. The fourth-order valence-corrected chi connectivity index (χ4v) is 0.671. The fraction of sp³-hybridized carbons (Fsp3) is 1.00. The molecule has 0 amide bonds. The van der Waals surface area contributed by atoms with E-state index in [0.717, 1.165) is 0 Å². The van der Waals surface area contributed by atoms with Crippen molar-refractivity contribution in [2.24, 2.45) is 0 Å². The monoisotopic (exact) mass is 141 g/mol. The maximum atomic E-state index is 2.38. The third-order valence-electron chi connectivity index (χ3n) is 1.34. The van der Waals surface area contributed by atoms with Gasteiger partial charge < -0.3 is 6.33 Å². The van der Waals surface area contributed by atoms with Crippen LogP contribution in [0.15, 0.2) is 0 Å². The molecule has 0 aromatic heterocycles. The van der Waals surface area contributed by atoms with Gasteiger partial charge in [0.05, 0.1) is 0 Å². The van der Waals surface area contributed by atoms with E-state index >= 15 is 0 Å². The SMILES string of the molecule is CCN(CC)CC.[H-].[K+]. The molecule has 1 nitrogen and oxygen atoms in total. The largest absolute Gasteiger partial charge is 1.00 e. The zero-order valence-electron chi connectivity index (χ0n) is 7.57. The van der Waals surface area contributed by atoms with Crippen LogP contribution in [0.2, 0.25) is 0 Å². The zero-order chi connectivity index (χ0) is 5.70. The molecule has 0 aromatic rings. The minimum atomic E-state index is 0. The van der Waals surface area contributed by atoms with Crippen molar-refractivity contribution < 1.29 is 52.8 Å². The van der Waals surface area contributed by atoms with Gasteiger partial charge >= 0.3 is 51.4 Å². The smallest absolute Gasteiger partial charge is 1.00 e. The minimum Gasteiger partial charge on any atom is -1.00 e. The van der Waals surface area contributed by atoms with E-state index in [0.29, 0.717) is 0 Å². The molecule has 8 heavy (non-hydrogen) atoms. The summed E-state index contributed by atoms with van der Waals surface area (Å²) in [7, 11) is 0. The molecule has 0 radical (unpaired) electrons. The van der Waals surface area contributed by atoms with Gasteiger partial charge in [-0.05, 0) is 19.6 Å². The molecule has 0 bridgehead atoms. The molecule has 2 heteroatoms. The Morgan fingerprint density at radius 2 is 1.25 bits per heavy atom. The first-order valence-corrected chi connectivity index (χ1v) is 3.07. The van der Waals surface area contributed by atoms with Crippen molar-refractivity contribution in [3.05, 3.63) is 0 Å². The molecule has 0 saturated carbocycles. The molecule has 0 N–H and O–H groups in total. The van der Waals surface area contributed by atoms with Crippen LogP contribution in [0.1, 0.15) is 22.2 Å². The van der Waals surface area contributed by atoms with E-state index < -0.39 is 0 Å². The third kappa shape index (κ3) is 5.73. The topological polar surface area (TPSA) is 3.24 Å². The Bertz CT molecular complexity index is 34.5. The average molecular weight is 141 g/mol. The van der Waals surface area contributed by atoms with Gasteiger partial charge in [-0.1, -0.05) is 20.8 Å². The second-order valence-corrected chi connectivity index (χ2v) is 1.62. The van der Waals surface area contributed by atoms with Crippen molar-refractivity contribution in [1.29, 1.82) is 0 Å². The van der Waals surface area contributed by atoms with Gasteiger partial charge in [0.15, 0.2) is 0 Å². The van der Waals surface area contributed by atoms with Crippen LogP contribution < -0.4 is 51.4 Å². The summed E-state index contributed by atoms with van der Waals surface area (Å²) in [6.07, 6.45) is 0. The Hall–Kier alpha value is 1.60.